The molecule has 1 unspecified atom stereocenters. The van der Waals surface area contributed by atoms with E-state index in [1.165, 1.54) is 10.5 Å². The molecule has 2 aromatic carbocycles. The minimum absolute atomic E-state index is 0.0579. The Kier molecular flexibility index (Phi) is 9.51. The van der Waals surface area contributed by atoms with Crippen LogP contribution >= 0.6 is 0 Å². The Balaban J connectivity index is 1.92. The average Bonchev–Trinajstić information content (AvgIpc) is 2.76. The highest BCUT2D eigenvalue weighted by molar-refractivity contribution is 5.84. The number of hydrogen-bond acceptors (Lipinski definition) is 4. The van der Waals surface area contributed by atoms with Crippen molar-refractivity contribution in [3.05, 3.63) is 60.2 Å². The lowest BCUT2D eigenvalue weighted by atomic mass is 10.1. The van der Waals surface area contributed by atoms with Crippen molar-refractivity contribution in [2.75, 3.05) is 40.8 Å². The number of likely N-dealkylation sites (N-methyl/N-ethyl adjacent to an activating group) is 1. The van der Waals surface area contributed by atoms with Gasteiger partial charge in [0.25, 0.3) is 0 Å². The summed E-state index contributed by atoms with van der Waals surface area (Å²) in [7, 11) is 5.06. The summed E-state index contributed by atoms with van der Waals surface area (Å²) >= 11 is 0. The topological polar surface area (TPSA) is 75.2 Å². The lowest BCUT2D eigenvalue weighted by molar-refractivity contribution is -0.127. The quantitative estimate of drug-likeness (QED) is 0.463. The van der Waals surface area contributed by atoms with E-state index in [1.807, 2.05) is 49.4 Å². The number of guanidine groups is 1. The highest BCUT2D eigenvalue weighted by Crippen LogP contribution is 2.26. The van der Waals surface area contributed by atoms with Gasteiger partial charge < -0.3 is 25.0 Å². The monoisotopic (exact) mass is 412 g/mol. The first-order chi connectivity index (χ1) is 14.5. The van der Waals surface area contributed by atoms with Gasteiger partial charge in [-0.25, -0.2) is 4.99 Å². The van der Waals surface area contributed by atoms with Gasteiger partial charge in [0.2, 0.25) is 5.91 Å². The predicted molar refractivity (Wildman–Crippen MR) is 120 cm³/mol. The summed E-state index contributed by atoms with van der Waals surface area (Å²) in [5.41, 5.74) is 1.24. The van der Waals surface area contributed by atoms with Gasteiger partial charge in [-0.2, -0.15) is 0 Å². The fourth-order valence-electron chi connectivity index (χ4n) is 2.65. The van der Waals surface area contributed by atoms with Gasteiger partial charge in [-0.05, 0) is 31.0 Å². The normalized spacial score (nSPS) is 12.1. The minimum atomic E-state index is -0.132. The van der Waals surface area contributed by atoms with Crippen LogP contribution < -0.4 is 20.1 Å². The largest absolute Gasteiger partial charge is 0.493 e. The zero-order chi connectivity index (χ0) is 21.8. The van der Waals surface area contributed by atoms with Crippen molar-refractivity contribution >= 4 is 11.9 Å². The molecule has 0 heterocycles. The number of nitrogens with one attached hydrogen (secondary N) is 2. The van der Waals surface area contributed by atoms with E-state index in [0.29, 0.717) is 30.5 Å². The molecule has 0 aliphatic rings. The van der Waals surface area contributed by atoms with Crippen LogP contribution in [0.1, 0.15) is 12.5 Å². The molecule has 2 aromatic rings. The molecule has 0 aromatic heterocycles. The number of nitrogens with zero attached hydrogens (tertiary/aromatic N) is 2. The summed E-state index contributed by atoms with van der Waals surface area (Å²) < 4.78 is 11.3. The number of ether oxygens (including phenoxy) is 2. The van der Waals surface area contributed by atoms with Gasteiger partial charge in [-0.15, -0.1) is 0 Å². The predicted octanol–water partition coefficient (Wildman–Crippen LogP) is 2.33. The molecule has 2 N–H and O–H groups in total. The zero-order valence-corrected chi connectivity index (χ0v) is 18.2. The Bertz CT molecular complexity index is 809. The molecule has 30 heavy (non-hydrogen) atoms. The van der Waals surface area contributed by atoms with E-state index in [2.05, 4.69) is 27.8 Å². The molecule has 0 saturated heterocycles. The fraction of sp³-hybridized carbons (Fsp3) is 0.391. The molecule has 0 spiro atoms. The Labute approximate surface area is 179 Å². The molecular weight excluding hydrogens is 380 g/mol. The van der Waals surface area contributed by atoms with Crippen LogP contribution in [0.15, 0.2) is 59.6 Å². The van der Waals surface area contributed by atoms with Gasteiger partial charge in [-0.1, -0.05) is 42.5 Å². The van der Waals surface area contributed by atoms with Crippen LogP contribution in [0.4, 0.5) is 0 Å². The molecule has 2 rings (SSSR count). The van der Waals surface area contributed by atoms with Crippen LogP contribution in [0.25, 0.3) is 0 Å². The molecule has 0 aliphatic carbocycles. The van der Waals surface area contributed by atoms with Crippen molar-refractivity contribution in [2.24, 2.45) is 4.99 Å². The third kappa shape index (κ3) is 8.03. The number of benzene rings is 2. The third-order valence-corrected chi connectivity index (χ3v) is 4.37. The Morgan fingerprint density at radius 3 is 2.37 bits per heavy atom. The molecule has 0 fully saturated rings. The lowest BCUT2D eigenvalue weighted by Gasteiger charge is -2.19. The molecule has 0 saturated carbocycles. The molecular formula is C23H32N4O3. The SMILES string of the molecule is COc1ccccc1OC(C)CNC(=NCC(=O)N(C)C)NCCc1ccccc1. The summed E-state index contributed by atoms with van der Waals surface area (Å²) in [6.45, 7) is 3.26. The van der Waals surface area contributed by atoms with Gasteiger partial charge in [0.15, 0.2) is 17.5 Å². The van der Waals surface area contributed by atoms with Crippen LogP contribution in [0, 0.1) is 0 Å². The van der Waals surface area contributed by atoms with Crippen LogP contribution in [0.5, 0.6) is 11.5 Å². The Morgan fingerprint density at radius 2 is 1.70 bits per heavy atom. The molecule has 0 radical (unpaired) electrons. The summed E-state index contributed by atoms with van der Waals surface area (Å²) in [5, 5.41) is 6.55. The smallest absolute Gasteiger partial charge is 0.243 e. The number of aliphatic imine (C=N–C) groups is 1. The molecule has 162 valence electrons. The van der Waals surface area contributed by atoms with E-state index in [4.69, 9.17) is 9.47 Å². The second kappa shape index (κ2) is 12.4. The van der Waals surface area contributed by atoms with Crippen LogP contribution in [-0.4, -0.2) is 63.7 Å². The summed E-state index contributed by atoms with van der Waals surface area (Å²) in [6, 6.07) is 17.8. The number of rotatable bonds is 10. The number of hydrogen-bond donors (Lipinski definition) is 2. The van der Waals surface area contributed by atoms with E-state index >= 15 is 0 Å². The van der Waals surface area contributed by atoms with E-state index in [-0.39, 0.29) is 18.6 Å². The first-order valence-corrected chi connectivity index (χ1v) is 10.1. The molecule has 1 amide bonds. The number of methoxy groups -OCH3 is 1. The van der Waals surface area contributed by atoms with Gasteiger partial charge in [0.1, 0.15) is 12.6 Å². The average molecular weight is 413 g/mol. The molecule has 7 heteroatoms. The van der Waals surface area contributed by atoms with E-state index in [1.54, 1.807) is 21.2 Å². The standard InChI is InChI=1S/C23H32N4O3/c1-18(30-21-13-9-8-12-20(21)29-4)16-25-23(26-17-22(28)27(2)3)24-15-14-19-10-6-5-7-11-19/h5-13,18H,14-17H2,1-4H3,(H2,24,25,26). The van der Waals surface area contributed by atoms with Gasteiger partial charge in [0.05, 0.1) is 13.7 Å². The first kappa shape index (κ1) is 23.1. The van der Waals surface area contributed by atoms with E-state index in [0.717, 1.165) is 6.42 Å². The van der Waals surface area contributed by atoms with Crippen LogP contribution in [0.3, 0.4) is 0 Å². The molecule has 0 bridgehead atoms. The second-order valence-electron chi connectivity index (χ2n) is 7.08. The number of amides is 1. The van der Waals surface area contributed by atoms with Crippen molar-refractivity contribution in [2.45, 2.75) is 19.4 Å². The maximum Gasteiger partial charge on any atom is 0.243 e. The molecule has 1 atom stereocenters. The number of para-hydroxylation sites is 2. The molecule has 0 aliphatic heterocycles. The number of carbonyl (C=O) groups excluding carboxylic acids is 1. The zero-order valence-electron chi connectivity index (χ0n) is 18.2. The van der Waals surface area contributed by atoms with Gasteiger partial charge in [0, 0.05) is 20.6 Å². The van der Waals surface area contributed by atoms with Gasteiger partial charge >= 0.3 is 0 Å². The highest BCUT2D eigenvalue weighted by atomic mass is 16.5. The summed E-state index contributed by atoms with van der Waals surface area (Å²) in [5.74, 6) is 1.90. The fourth-order valence-corrected chi connectivity index (χ4v) is 2.65. The van der Waals surface area contributed by atoms with Crippen molar-refractivity contribution in [3.63, 3.8) is 0 Å². The van der Waals surface area contributed by atoms with Crippen LogP contribution in [0.2, 0.25) is 0 Å². The lowest BCUT2D eigenvalue weighted by Crippen LogP contribution is -2.43. The first-order valence-electron chi connectivity index (χ1n) is 10.1. The summed E-state index contributed by atoms with van der Waals surface area (Å²) in [4.78, 5) is 17.9. The summed E-state index contributed by atoms with van der Waals surface area (Å²) in [6.07, 6.45) is 0.725. The second-order valence-corrected chi connectivity index (χ2v) is 7.08. The third-order valence-electron chi connectivity index (χ3n) is 4.37. The minimum Gasteiger partial charge on any atom is -0.493 e. The van der Waals surface area contributed by atoms with E-state index in [9.17, 15) is 4.79 Å². The maximum absolute atomic E-state index is 11.9. The van der Waals surface area contributed by atoms with Crippen molar-refractivity contribution < 1.29 is 14.3 Å². The highest BCUT2D eigenvalue weighted by Gasteiger charge is 2.10. The van der Waals surface area contributed by atoms with Crippen molar-refractivity contribution in [1.29, 1.82) is 0 Å². The van der Waals surface area contributed by atoms with Crippen molar-refractivity contribution in [3.8, 4) is 11.5 Å². The number of carbonyl (C=O) groups is 1. The maximum atomic E-state index is 11.9. The Morgan fingerprint density at radius 1 is 1.03 bits per heavy atom. The van der Waals surface area contributed by atoms with Gasteiger partial charge in [-0.3, -0.25) is 4.79 Å². The van der Waals surface area contributed by atoms with Crippen molar-refractivity contribution in [1.82, 2.24) is 15.5 Å². The Hall–Kier alpha value is -3.22. The van der Waals surface area contributed by atoms with Crippen LogP contribution in [-0.2, 0) is 11.2 Å². The van der Waals surface area contributed by atoms with E-state index < -0.39 is 0 Å². The molecule has 7 nitrogen and oxygen atoms in total.